The Morgan fingerprint density at radius 2 is 2.14 bits per heavy atom. The summed E-state index contributed by atoms with van der Waals surface area (Å²) in [6, 6.07) is 5.21. The summed E-state index contributed by atoms with van der Waals surface area (Å²) in [6.07, 6.45) is 3.10. The molecule has 0 aliphatic carbocycles. The predicted molar refractivity (Wildman–Crippen MR) is 75.9 cm³/mol. The lowest BCUT2D eigenvalue weighted by molar-refractivity contribution is -0.385. The molecule has 0 spiro atoms. The van der Waals surface area contributed by atoms with Crippen LogP contribution in [-0.2, 0) is 15.8 Å². The quantitative estimate of drug-likeness (QED) is 0.619. The average Bonchev–Trinajstić information content (AvgIpc) is 2.91. The van der Waals surface area contributed by atoms with E-state index in [1.807, 2.05) is 0 Å². The fraction of sp³-hybridized carbons (Fsp3) is 0.250. The molecule has 0 fully saturated rings. The third-order valence-corrected chi connectivity index (χ3v) is 4.22. The van der Waals surface area contributed by atoms with Gasteiger partial charge < -0.3 is 4.98 Å². The number of hydrogen-bond acceptors (Lipinski definition) is 5. The number of nitro benzene ring substituents is 1. The number of hydrogen-bond donors (Lipinski definition) is 2. The van der Waals surface area contributed by atoms with Crippen LogP contribution in [-0.4, -0.2) is 23.3 Å². The number of aromatic nitrogens is 2. The van der Waals surface area contributed by atoms with Crippen LogP contribution in [0.25, 0.3) is 0 Å². The molecule has 0 aliphatic rings. The van der Waals surface area contributed by atoms with Crippen molar-refractivity contribution in [2.24, 2.45) is 0 Å². The molecule has 1 aromatic carbocycles. The van der Waals surface area contributed by atoms with Crippen LogP contribution in [0.3, 0.4) is 0 Å². The highest BCUT2D eigenvalue weighted by Crippen LogP contribution is 2.20. The van der Waals surface area contributed by atoms with Gasteiger partial charge in [-0.3, -0.25) is 10.1 Å². The standard InChI is InChI=1S/C12H14N4O4S/c1-9(12-13-6-7-14-12)15-21(19,20)8-10-4-2-3-5-11(10)16(17)18/h2-7,9,15H,8H2,1H3,(H,13,14). The molecule has 1 unspecified atom stereocenters. The minimum absolute atomic E-state index is 0.140. The number of nitrogens with one attached hydrogen (secondary N) is 2. The van der Waals surface area contributed by atoms with Gasteiger partial charge in [-0.2, -0.15) is 0 Å². The van der Waals surface area contributed by atoms with Crippen LogP contribution in [0.1, 0.15) is 24.4 Å². The fourth-order valence-corrected chi connectivity index (χ4v) is 3.28. The zero-order valence-corrected chi connectivity index (χ0v) is 12.0. The molecule has 0 radical (unpaired) electrons. The Labute approximate surface area is 121 Å². The van der Waals surface area contributed by atoms with Gasteiger partial charge in [0, 0.05) is 24.0 Å². The molecule has 0 saturated carbocycles. The van der Waals surface area contributed by atoms with Crippen molar-refractivity contribution in [2.45, 2.75) is 18.7 Å². The van der Waals surface area contributed by atoms with E-state index in [4.69, 9.17) is 0 Å². The van der Waals surface area contributed by atoms with E-state index in [1.54, 1.807) is 19.2 Å². The summed E-state index contributed by atoms with van der Waals surface area (Å²) in [5, 5.41) is 10.9. The second-order valence-electron chi connectivity index (χ2n) is 4.46. The van der Waals surface area contributed by atoms with Gasteiger partial charge in [0.25, 0.3) is 5.69 Å². The van der Waals surface area contributed by atoms with Crippen molar-refractivity contribution in [1.29, 1.82) is 0 Å². The van der Waals surface area contributed by atoms with Crippen LogP contribution in [0.5, 0.6) is 0 Å². The molecular weight excluding hydrogens is 296 g/mol. The fourth-order valence-electron chi connectivity index (χ4n) is 1.90. The van der Waals surface area contributed by atoms with Crippen LogP contribution >= 0.6 is 0 Å². The van der Waals surface area contributed by atoms with E-state index < -0.39 is 26.7 Å². The number of H-pyrrole nitrogens is 1. The molecule has 0 bridgehead atoms. The Morgan fingerprint density at radius 3 is 2.76 bits per heavy atom. The van der Waals surface area contributed by atoms with Crippen molar-refractivity contribution in [3.8, 4) is 0 Å². The van der Waals surface area contributed by atoms with E-state index in [-0.39, 0.29) is 11.3 Å². The van der Waals surface area contributed by atoms with E-state index in [2.05, 4.69) is 14.7 Å². The van der Waals surface area contributed by atoms with Crippen LogP contribution < -0.4 is 4.72 Å². The van der Waals surface area contributed by atoms with Crippen molar-refractivity contribution in [2.75, 3.05) is 0 Å². The molecule has 0 aliphatic heterocycles. The minimum atomic E-state index is -3.73. The molecule has 0 amide bonds. The number of sulfonamides is 1. The van der Waals surface area contributed by atoms with Crippen LogP contribution in [0.4, 0.5) is 5.69 Å². The van der Waals surface area contributed by atoms with Gasteiger partial charge >= 0.3 is 0 Å². The Balaban J connectivity index is 2.17. The Morgan fingerprint density at radius 1 is 1.43 bits per heavy atom. The van der Waals surface area contributed by atoms with Gasteiger partial charge in [-0.05, 0) is 6.92 Å². The number of imidazole rings is 1. The van der Waals surface area contributed by atoms with Crippen molar-refractivity contribution in [1.82, 2.24) is 14.7 Å². The topological polar surface area (TPSA) is 118 Å². The van der Waals surface area contributed by atoms with Crippen LogP contribution in [0.15, 0.2) is 36.7 Å². The van der Waals surface area contributed by atoms with Crippen molar-refractivity contribution in [3.05, 3.63) is 58.2 Å². The van der Waals surface area contributed by atoms with E-state index in [0.717, 1.165) is 0 Å². The second-order valence-corrected chi connectivity index (χ2v) is 6.21. The third-order valence-electron chi connectivity index (χ3n) is 2.82. The molecule has 21 heavy (non-hydrogen) atoms. The number of aromatic amines is 1. The molecular formula is C12H14N4O4S. The highest BCUT2D eigenvalue weighted by atomic mass is 32.2. The van der Waals surface area contributed by atoms with Crippen molar-refractivity contribution >= 4 is 15.7 Å². The van der Waals surface area contributed by atoms with E-state index in [0.29, 0.717) is 5.82 Å². The number of benzene rings is 1. The van der Waals surface area contributed by atoms with Gasteiger partial charge in [0.2, 0.25) is 10.0 Å². The average molecular weight is 310 g/mol. The van der Waals surface area contributed by atoms with Gasteiger partial charge in [-0.15, -0.1) is 0 Å². The molecule has 0 saturated heterocycles. The normalized spacial score (nSPS) is 13.0. The Bertz CT molecular complexity index is 727. The lowest BCUT2D eigenvalue weighted by Crippen LogP contribution is -2.29. The molecule has 112 valence electrons. The van der Waals surface area contributed by atoms with E-state index >= 15 is 0 Å². The van der Waals surface area contributed by atoms with E-state index in [1.165, 1.54) is 24.4 Å². The maximum absolute atomic E-state index is 12.1. The first kappa shape index (κ1) is 15.1. The number of nitro groups is 1. The summed E-state index contributed by atoms with van der Waals surface area (Å²) >= 11 is 0. The smallest absolute Gasteiger partial charge is 0.273 e. The predicted octanol–water partition coefficient (Wildman–Crippen LogP) is 1.50. The largest absolute Gasteiger partial charge is 0.347 e. The highest BCUT2D eigenvalue weighted by Gasteiger charge is 2.22. The maximum Gasteiger partial charge on any atom is 0.273 e. The first-order valence-electron chi connectivity index (χ1n) is 6.10. The highest BCUT2D eigenvalue weighted by molar-refractivity contribution is 7.88. The maximum atomic E-state index is 12.1. The molecule has 1 heterocycles. The Kier molecular flexibility index (Phi) is 4.34. The summed E-state index contributed by atoms with van der Waals surface area (Å²) < 4.78 is 26.6. The Hall–Kier alpha value is -2.26. The monoisotopic (exact) mass is 310 g/mol. The second kappa shape index (κ2) is 6.02. The molecule has 2 rings (SSSR count). The van der Waals surface area contributed by atoms with Gasteiger partial charge in [0.05, 0.1) is 16.7 Å². The summed E-state index contributed by atoms with van der Waals surface area (Å²) in [4.78, 5) is 17.1. The number of para-hydroxylation sites is 1. The SMILES string of the molecule is CC(NS(=O)(=O)Cc1ccccc1[N+](=O)[O-])c1ncc[nH]1. The summed E-state index contributed by atoms with van der Waals surface area (Å²) in [6.45, 7) is 1.63. The van der Waals surface area contributed by atoms with Crippen molar-refractivity contribution < 1.29 is 13.3 Å². The first-order chi connectivity index (χ1) is 9.89. The third kappa shape index (κ3) is 3.86. The van der Waals surface area contributed by atoms with Gasteiger partial charge in [0.15, 0.2) is 0 Å². The minimum Gasteiger partial charge on any atom is -0.347 e. The molecule has 2 aromatic rings. The van der Waals surface area contributed by atoms with Crippen molar-refractivity contribution in [3.63, 3.8) is 0 Å². The molecule has 8 nitrogen and oxygen atoms in total. The molecule has 2 N–H and O–H groups in total. The summed E-state index contributed by atoms with van der Waals surface area (Å²) in [5.74, 6) is 0.0102. The van der Waals surface area contributed by atoms with E-state index in [9.17, 15) is 18.5 Å². The summed E-state index contributed by atoms with van der Waals surface area (Å²) in [7, 11) is -3.73. The van der Waals surface area contributed by atoms with Gasteiger partial charge in [-0.25, -0.2) is 18.1 Å². The first-order valence-corrected chi connectivity index (χ1v) is 7.76. The zero-order valence-electron chi connectivity index (χ0n) is 11.2. The number of nitrogens with zero attached hydrogens (tertiary/aromatic N) is 2. The zero-order chi connectivity index (χ0) is 15.5. The molecule has 9 heteroatoms. The van der Waals surface area contributed by atoms with Crippen LogP contribution in [0.2, 0.25) is 0 Å². The lowest BCUT2D eigenvalue weighted by Gasteiger charge is -2.12. The molecule has 1 atom stereocenters. The lowest BCUT2D eigenvalue weighted by atomic mass is 10.2. The van der Waals surface area contributed by atoms with Crippen LogP contribution in [0, 0.1) is 10.1 Å². The van der Waals surface area contributed by atoms with Gasteiger partial charge in [-0.1, -0.05) is 18.2 Å². The number of rotatable bonds is 6. The molecule has 1 aromatic heterocycles. The summed E-state index contributed by atoms with van der Waals surface area (Å²) in [5.41, 5.74) is -0.0739. The van der Waals surface area contributed by atoms with Gasteiger partial charge in [0.1, 0.15) is 5.82 Å².